The van der Waals surface area contributed by atoms with E-state index in [0.717, 1.165) is 0 Å². The van der Waals surface area contributed by atoms with Crippen LogP contribution in [-0.2, 0) is 23.9 Å². The van der Waals surface area contributed by atoms with Crippen molar-refractivity contribution < 1.29 is 23.9 Å². The number of amides is 2. The molecule has 0 radical (unpaired) electrons. The highest BCUT2D eigenvalue weighted by Gasteiger charge is 2.68. The molecule has 2 amide bonds. The first-order valence-corrected chi connectivity index (χ1v) is 7.47. The Balaban J connectivity index is 1.70. The van der Waals surface area contributed by atoms with Crippen molar-refractivity contribution in [3.8, 4) is 0 Å². The molecule has 1 aromatic rings. The van der Waals surface area contributed by atoms with Gasteiger partial charge in [-0.25, -0.2) is 4.90 Å². The van der Waals surface area contributed by atoms with Gasteiger partial charge in [0.1, 0.15) is 12.2 Å². The number of para-hydroxylation sites is 1. The summed E-state index contributed by atoms with van der Waals surface area (Å²) >= 11 is 0. The number of ether oxygens (including phenoxy) is 2. The Bertz CT molecular complexity index is 728. The number of rotatable bonds is 3. The fraction of sp³-hybridized carbons (Fsp3) is 0.353. The Morgan fingerprint density at radius 3 is 2.70 bits per heavy atom. The van der Waals surface area contributed by atoms with E-state index in [9.17, 15) is 14.4 Å². The minimum atomic E-state index is -1.03. The molecule has 4 atom stereocenters. The lowest BCUT2D eigenvalue weighted by Crippen LogP contribution is -2.44. The SMILES string of the molecule is CC(=O)OC[C@@]12C=C[C@@H](O1)[C@H]1C(=O)N(c3ccccc3)C(=O)[C@H]12. The minimum absolute atomic E-state index is 0.0574. The van der Waals surface area contributed by atoms with Crippen LogP contribution in [0.5, 0.6) is 0 Å². The van der Waals surface area contributed by atoms with E-state index in [-0.39, 0.29) is 18.4 Å². The predicted molar refractivity (Wildman–Crippen MR) is 79.3 cm³/mol. The first kappa shape index (κ1) is 14.1. The standard InChI is InChI=1S/C17H15NO5/c1-10(19)22-9-17-8-7-12(23-17)13-14(17)16(21)18(15(13)20)11-5-3-2-4-6-11/h2-8,12-14H,9H2,1H3/t12-,13-,14+,17-/m1/s1. The molecule has 0 unspecified atom stereocenters. The monoisotopic (exact) mass is 313 g/mol. The molecular weight excluding hydrogens is 298 g/mol. The fourth-order valence-corrected chi connectivity index (χ4v) is 3.71. The first-order chi connectivity index (χ1) is 11.0. The van der Waals surface area contributed by atoms with Gasteiger partial charge >= 0.3 is 5.97 Å². The van der Waals surface area contributed by atoms with Crippen molar-refractivity contribution in [1.82, 2.24) is 0 Å². The van der Waals surface area contributed by atoms with E-state index in [0.29, 0.717) is 5.69 Å². The van der Waals surface area contributed by atoms with Crippen molar-refractivity contribution >= 4 is 23.5 Å². The van der Waals surface area contributed by atoms with Gasteiger partial charge < -0.3 is 9.47 Å². The summed E-state index contributed by atoms with van der Waals surface area (Å²) in [7, 11) is 0. The van der Waals surface area contributed by atoms with Gasteiger partial charge in [-0.2, -0.15) is 0 Å². The molecule has 6 nitrogen and oxygen atoms in total. The van der Waals surface area contributed by atoms with Crippen LogP contribution < -0.4 is 4.90 Å². The highest BCUT2D eigenvalue weighted by Crippen LogP contribution is 2.52. The van der Waals surface area contributed by atoms with Gasteiger partial charge in [-0.1, -0.05) is 24.3 Å². The van der Waals surface area contributed by atoms with E-state index in [1.54, 1.807) is 36.4 Å². The van der Waals surface area contributed by atoms with Crippen LogP contribution in [0.2, 0.25) is 0 Å². The van der Waals surface area contributed by atoms with Crippen molar-refractivity contribution in [1.29, 1.82) is 0 Å². The zero-order chi connectivity index (χ0) is 16.2. The summed E-state index contributed by atoms with van der Waals surface area (Å²) in [6, 6.07) is 8.84. The summed E-state index contributed by atoms with van der Waals surface area (Å²) in [6.07, 6.45) is 3.09. The van der Waals surface area contributed by atoms with Gasteiger partial charge in [0.25, 0.3) is 0 Å². The van der Waals surface area contributed by atoms with Gasteiger partial charge in [0.15, 0.2) is 0 Å². The number of anilines is 1. The molecule has 0 N–H and O–H groups in total. The molecule has 118 valence electrons. The molecule has 3 aliphatic heterocycles. The van der Waals surface area contributed by atoms with Crippen LogP contribution in [0.25, 0.3) is 0 Å². The van der Waals surface area contributed by atoms with Gasteiger partial charge in [0, 0.05) is 6.92 Å². The lowest BCUT2D eigenvalue weighted by Gasteiger charge is -2.28. The maximum Gasteiger partial charge on any atom is 0.302 e. The van der Waals surface area contributed by atoms with E-state index in [1.165, 1.54) is 11.8 Å². The number of esters is 1. The molecule has 0 saturated carbocycles. The molecule has 0 aromatic heterocycles. The number of hydrogen-bond donors (Lipinski definition) is 0. The topological polar surface area (TPSA) is 72.9 Å². The molecule has 2 fully saturated rings. The quantitative estimate of drug-likeness (QED) is 0.474. The van der Waals surface area contributed by atoms with Crippen LogP contribution in [0.1, 0.15) is 6.92 Å². The smallest absolute Gasteiger partial charge is 0.302 e. The number of carbonyl (C=O) groups is 3. The molecule has 4 rings (SSSR count). The van der Waals surface area contributed by atoms with Crippen molar-refractivity contribution in [2.45, 2.75) is 18.6 Å². The second-order valence-corrected chi connectivity index (χ2v) is 6.03. The summed E-state index contributed by atoms with van der Waals surface area (Å²) < 4.78 is 10.9. The lowest BCUT2D eigenvalue weighted by atomic mass is 9.77. The Morgan fingerprint density at radius 2 is 2.00 bits per heavy atom. The van der Waals surface area contributed by atoms with Gasteiger partial charge in [-0.05, 0) is 18.2 Å². The Kier molecular flexibility index (Phi) is 2.93. The van der Waals surface area contributed by atoms with Crippen LogP contribution in [0.3, 0.4) is 0 Å². The number of imide groups is 1. The molecule has 0 aliphatic carbocycles. The number of nitrogens with zero attached hydrogens (tertiary/aromatic N) is 1. The molecule has 3 aliphatic rings. The molecule has 23 heavy (non-hydrogen) atoms. The van der Waals surface area contributed by atoms with Crippen molar-refractivity contribution in [2.75, 3.05) is 11.5 Å². The second-order valence-electron chi connectivity index (χ2n) is 6.03. The first-order valence-electron chi connectivity index (χ1n) is 7.47. The molecule has 6 heteroatoms. The highest BCUT2D eigenvalue weighted by molar-refractivity contribution is 6.23. The lowest BCUT2D eigenvalue weighted by molar-refractivity contribution is -0.150. The van der Waals surface area contributed by atoms with E-state index in [1.807, 2.05) is 6.07 Å². The summed E-state index contributed by atoms with van der Waals surface area (Å²) in [5, 5.41) is 0. The van der Waals surface area contributed by atoms with Crippen LogP contribution >= 0.6 is 0 Å². The summed E-state index contributed by atoms with van der Waals surface area (Å²) in [4.78, 5) is 38.0. The molecule has 2 saturated heterocycles. The minimum Gasteiger partial charge on any atom is -0.462 e. The number of carbonyl (C=O) groups excluding carboxylic acids is 3. The van der Waals surface area contributed by atoms with Crippen molar-refractivity contribution in [3.63, 3.8) is 0 Å². The number of fused-ring (bicyclic) bond motifs is 5. The average Bonchev–Trinajstić information content (AvgIpc) is 3.17. The maximum absolute atomic E-state index is 12.9. The summed E-state index contributed by atoms with van der Waals surface area (Å²) in [5.74, 6) is -2.21. The fourth-order valence-electron chi connectivity index (χ4n) is 3.71. The molecule has 3 heterocycles. The zero-order valence-corrected chi connectivity index (χ0v) is 12.5. The van der Waals surface area contributed by atoms with Crippen LogP contribution in [0, 0.1) is 11.8 Å². The third-order valence-electron chi connectivity index (χ3n) is 4.67. The molecule has 0 spiro atoms. The molecular formula is C17H15NO5. The van der Waals surface area contributed by atoms with E-state index in [4.69, 9.17) is 9.47 Å². The van der Waals surface area contributed by atoms with Gasteiger partial charge in [0.2, 0.25) is 11.8 Å². The Morgan fingerprint density at radius 1 is 1.26 bits per heavy atom. The van der Waals surface area contributed by atoms with E-state index >= 15 is 0 Å². The van der Waals surface area contributed by atoms with Crippen LogP contribution in [0.4, 0.5) is 5.69 Å². The van der Waals surface area contributed by atoms with Gasteiger partial charge in [-0.3, -0.25) is 14.4 Å². The van der Waals surface area contributed by atoms with Crippen molar-refractivity contribution in [3.05, 3.63) is 42.5 Å². The Hall–Kier alpha value is -2.47. The maximum atomic E-state index is 12.9. The number of hydrogen-bond acceptors (Lipinski definition) is 5. The normalized spacial score (nSPS) is 34.1. The zero-order valence-electron chi connectivity index (χ0n) is 12.5. The molecule has 1 aromatic carbocycles. The van der Waals surface area contributed by atoms with Gasteiger partial charge in [-0.15, -0.1) is 0 Å². The third-order valence-corrected chi connectivity index (χ3v) is 4.67. The van der Waals surface area contributed by atoms with E-state index in [2.05, 4.69) is 0 Å². The number of benzene rings is 1. The van der Waals surface area contributed by atoms with Crippen LogP contribution in [-0.4, -0.2) is 36.1 Å². The Labute approximate surface area is 132 Å². The second kappa shape index (κ2) is 4.76. The van der Waals surface area contributed by atoms with Crippen molar-refractivity contribution in [2.24, 2.45) is 11.8 Å². The van der Waals surface area contributed by atoms with Crippen LogP contribution in [0.15, 0.2) is 42.5 Å². The summed E-state index contributed by atoms with van der Waals surface area (Å²) in [5.41, 5.74) is -0.476. The van der Waals surface area contributed by atoms with E-state index < -0.39 is 29.5 Å². The largest absolute Gasteiger partial charge is 0.462 e. The molecule has 2 bridgehead atoms. The third kappa shape index (κ3) is 1.88. The highest BCUT2D eigenvalue weighted by atomic mass is 16.6. The van der Waals surface area contributed by atoms with Gasteiger partial charge in [0.05, 0.1) is 23.6 Å². The average molecular weight is 313 g/mol. The predicted octanol–water partition coefficient (Wildman–Crippen LogP) is 1.06. The summed E-state index contributed by atoms with van der Waals surface area (Å²) in [6.45, 7) is 1.25.